The highest BCUT2D eigenvalue weighted by Crippen LogP contribution is 2.37. The predicted octanol–water partition coefficient (Wildman–Crippen LogP) is 1.62. The molecule has 1 aromatic rings. The zero-order chi connectivity index (χ0) is 14.4. The molecule has 0 atom stereocenters. The fourth-order valence-electron chi connectivity index (χ4n) is 1.99. The summed E-state index contributed by atoms with van der Waals surface area (Å²) in [5.41, 5.74) is 6.87. The number of nitrogens with two attached hydrogens (primary N) is 1. The largest absolute Gasteiger partial charge is 0.459 e. The molecule has 2 N–H and O–H groups in total. The number of carbonyl (C=O) groups is 1. The number of carbonyl (C=O) groups excluding carboxylic acids is 1. The van der Waals surface area contributed by atoms with Gasteiger partial charge in [0, 0.05) is 32.6 Å². The van der Waals surface area contributed by atoms with Crippen LogP contribution in [0.4, 0.5) is 5.69 Å². The van der Waals surface area contributed by atoms with Crippen molar-refractivity contribution in [3.63, 3.8) is 0 Å². The van der Waals surface area contributed by atoms with Gasteiger partial charge in [0.2, 0.25) is 0 Å². The Labute approximate surface area is 118 Å². The van der Waals surface area contributed by atoms with Gasteiger partial charge in [0.15, 0.2) is 0 Å². The molecule has 1 fully saturated rings. The van der Waals surface area contributed by atoms with Crippen molar-refractivity contribution >= 4 is 11.7 Å². The monoisotopic (exact) mass is 282 g/mol. The first-order chi connectivity index (χ1) is 9.72. The molecule has 0 amide bonds. The van der Waals surface area contributed by atoms with Gasteiger partial charge in [-0.15, -0.1) is 0 Å². The third kappa shape index (κ3) is 4.25. The van der Waals surface area contributed by atoms with Gasteiger partial charge in [-0.1, -0.05) is 0 Å². The first-order valence-corrected chi connectivity index (χ1v) is 6.93. The van der Waals surface area contributed by atoms with Crippen LogP contribution in [-0.2, 0) is 14.2 Å². The van der Waals surface area contributed by atoms with Crippen LogP contribution in [0.5, 0.6) is 0 Å². The molecule has 0 aliphatic heterocycles. The van der Waals surface area contributed by atoms with Crippen LogP contribution in [-0.4, -0.2) is 44.1 Å². The lowest BCUT2D eigenvalue weighted by atomic mass is 10.4. The normalized spacial score (nSPS) is 14.4. The maximum atomic E-state index is 12.0. The summed E-state index contributed by atoms with van der Waals surface area (Å²) in [6.45, 7) is 1.93. The average Bonchev–Trinajstić information content (AvgIpc) is 3.20. The van der Waals surface area contributed by atoms with Gasteiger partial charge in [-0.3, -0.25) is 0 Å². The van der Waals surface area contributed by atoms with Crippen molar-refractivity contribution in [1.82, 2.24) is 4.57 Å². The smallest absolute Gasteiger partial charge is 0.355 e. The molecule has 1 aliphatic carbocycles. The molecule has 20 heavy (non-hydrogen) atoms. The Hall–Kier alpha value is -1.53. The molecule has 0 saturated heterocycles. The molecule has 0 unspecified atom stereocenters. The van der Waals surface area contributed by atoms with E-state index >= 15 is 0 Å². The molecule has 1 aliphatic rings. The second-order valence-electron chi connectivity index (χ2n) is 4.89. The van der Waals surface area contributed by atoms with Crippen molar-refractivity contribution in [2.24, 2.45) is 0 Å². The molecule has 0 aromatic carbocycles. The number of ether oxygens (including phenoxy) is 3. The Balaban J connectivity index is 1.69. The minimum atomic E-state index is -0.339. The molecule has 0 bridgehead atoms. The lowest BCUT2D eigenvalue weighted by Crippen LogP contribution is -2.14. The van der Waals surface area contributed by atoms with Crippen molar-refractivity contribution in [3.05, 3.63) is 18.0 Å². The highest BCUT2D eigenvalue weighted by Gasteiger charge is 2.28. The molecular weight excluding hydrogens is 260 g/mol. The molecule has 1 saturated carbocycles. The molecule has 2 rings (SSSR count). The summed E-state index contributed by atoms with van der Waals surface area (Å²) in [6.07, 6.45) is 4.83. The summed E-state index contributed by atoms with van der Waals surface area (Å²) in [6, 6.07) is 2.07. The van der Waals surface area contributed by atoms with Gasteiger partial charge in [-0.2, -0.15) is 0 Å². The van der Waals surface area contributed by atoms with Crippen LogP contribution < -0.4 is 5.73 Å². The molecule has 112 valence electrons. The van der Waals surface area contributed by atoms with E-state index in [1.807, 2.05) is 4.57 Å². The van der Waals surface area contributed by atoms with Crippen LogP contribution >= 0.6 is 0 Å². The Morgan fingerprint density at radius 3 is 2.85 bits per heavy atom. The van der Waals surface area contributed by atoms with Crippen molar-refractivity contribution in [1.29, 1.82) is 0 Å². The maximum Gasteiger partial charge on any atom is 0.355 e. The first kappa shape index (κ1) is 14.9. The topological polar surface area (TPSA) is 75.7 Å². The van der Waals surface area contributed by atoms with Crippen molar-refractivity contribution in [3.8, 4) is 0 Å². The number of nitrogens with zero attached hydrogens (tertiary/aromatic N) is 1. The highest BCUT2D eigenvalue weighted by molar-refractivity contribution is 5.89. The van der Waals surface area contributed by atoms with Crippen LogP contribution in [0.15, 0.2) is 12.3 Å². The number of hydrogen-bond acceptors (Lipinski definition) is 5. The lowest BCUT2D eigenvalue weighted by Gasteiger charge is -2.08. The minimum Gasteiger partial charge on any atom is -0.459 e. The molecule has 6 nitrogen and oxygen atoms in total. The van der Waals surface area contributed by atoms with Gasteiger partial charge in [-0.05, 0) is 25.3 Å². The van der Waals surface area contributed by atoms with Crippen LogP contribution in [0, 0.1) is 0 Å². The standard InChI is InChI=1S/C14H22N2O4/c1-18-5-2-6-19-7-8-20-14(17)13-9-11(15)10-16(13)12-3-4-12/h9-10,12H,2-8,15H2,1H3. The van der Waals surface area contributed by atoms with Gasteiger partial charge >= 0.3 is 5.97 Å². The van der Waals surface area contributed by atoms with Crippen LogP contribution in [0.3, 0.4) is 0 Å². The number of rotatable bonds is 9. The number of hydrogen-bond donors (Lipinski definition) is 1. The third-order valence-corrected chi connectivity index (χ3v) is 3.12. The van der Waals surface area contributed by atoms with Gasteiger partial charge in [0.1, 0.15) is 12.3 Å². The number of anilines is 1. The van der Waals surface area contributed by atoms with Crippen LogP contribution in [0.2, 0.25) is 0 Å². The summed E-state index contributed by atoms with van der Waals surface area (Å²) < 4.78 is 17.3. The fraction of sp³-hybridized carbons (Fsp3) is 0.643. The minimum absolute atomic E-state index is 0.252. The molecular formula is C14H22N2O4. The number of nitrogen functional groups attached to an aromatic ring is 1. The molecule has 6 heteroatoms. The maximum absolute atomic E-state index is 12.0. The van der Waals surface area contributed by atoms with E-state index in [0.29, 0.717) is 37.2 Å². The van der Waals surface area contributed by atoms with E-state index < -0.39 is 0 Å². The van der Waals surface area contributed by atoms with Gasteiger partial charge in [0.25, 0.3) is 0 Å². The Kier molecular flexibility index (Phi) is 5.43. The molecule has 1 aromatic heterocycles. The van der Waals surface area contributed by atoms with E-state index in [2.05, 4.69) is 0 Å². The Morgan fingerprint density at radius 1 is 1.35 bits per heavy atom. The Bertz CT molecular complexity index is 440. The number of aromatic nitrogens is 1. The zero-order valence-corrected chi connectivity index (χ0v) is 11.8. The second-order valence-corrected chi connectivity index (χ2v) is 4.89. The van der Waals surface area contributed by atoms with E-state index in [1.54, 1.807) is 19.4 Å². The zero-order valence-electron chi connectivity index (χ0n) is 11.8. The van der Waals surface area contributed by atoms with E-state index in [-0.39, 0.29) is 12.6 Å². The summed E-state index contributed by atoms with van der Waals surface area (Å²) in [7, 11) is 1.66. The number of esters is 1. The van der Waals surface area contributed by atoms with Gasteiger partial charge in [-0.25, -0.2) is 4.79 Å². The Morgan fingerprint density at radius 2 is 2.15 bits per heavy atom. The van der Waals surface area contributed by atoms with E-state index in [9.17, 15) is 4.79 Å². The highest BCUT2D eigenvalue weighted by atomic mass is 16.6. The lowest BCUT2D eigenvalue weighted by molar-refractivity contribution is 0.0278. The number of methoxy groups -OCH3 is 1. The van der Waals surface area contributed by atoms with E-state index in [4.69, 9.17) is 19.9 Å². The molecule has 0 spiro atoms. The van der Waals surface area contributed by atoms with Crippen molar-refractivity contribution in [2.45, 2.75) is 25.3 Å². The first-order valence-electron chi connectivity index (χ1n) is 6.93. The SMILES string of the molecule is COCCCOCCOC(=O)c1cc(N)cn1C1CC1. The van der Waals surface area contributed by atoms with E-state index in [0.717, 1.165) is 19.3 Å². The summed E-state index contributed by atoms with van der Waals surface area (Å²) >= 11 is 0. The van der Waals surface area contributed by atoms with Crippen molar-refractivity contribution < 1.29 is 19.0 Å². The summed E-state index contributed by atoms with van der Waals surface area (Å²) in [5.74, 6) is -0.339. The second kappa shape index (κ2) is 7.31. The summed E-state index contributed by atoms with van der Waals surface area (Å²) in [4.78, 5) is 12.0. The van der Waals surface area contributed by atoms with E-state index in [1.165, 1.54) is 0 Å². The predicted molar refractivity (Wildman–Crippen MR) is 74.7 cm³/mol. The molecule has 1 heterocycles. The fourth-order valence-corrected chi connectivity index (χ4v) is 1.99. The summed E-state index contributed by atoms with van der Waals surface area (Å²) in [5, 5.41) is 0. The molecule has 0 radical (unpaired) electrons. The van der Waals surface area contributed by atoms with Gasteiger partial charge in [0.05, 0.1) is 12.3 Å². The van der Waals surface area contributed by atoms with Crippen LogP contribution in [0.1, 0.15) is 35.8 Å². The third-order valence-electron chi connectivity index (χ3n) is 3.12. The van der Waals surface area contributed by atoms with Gasteiger partial charge < -0.3 is 24.5 Å². The average molecular weight is 282 g/mol. The van der Waals surface area contributed by atoms with Crippen LogP contribution in [0.25, 0.3) is 0 Å². The van der Waals surface area contributed by atoms with Crippen molar-refractivity contribution in [2.75, 3.05) is 39.3 Å². The quantitative estimate of drug-likeness (QED) is 0.550.